The number of aromatic hydroxyl groups is 1. The Hall–Kier alpha value is -1.70. The van der Waals surface area contributed by atoms with Gasteiger partial charge in [-0.25, -0.2) is 0 Å². The lowest BCUT2D eigenvalue weighted by atomic mass is 9.98. The highest BCUT2D eigenvalue weighted by molar-refractivity contribution is 5.53. The molecule has 1 aromatic carbocycles. The minimum atomic E-state index is 0.332. The average Bonchev–Trinajstić information content (AvgIpc) is 2.28. The molecule has 0 saturated carbocycles. The topological polar surface area (TPSA) is 29.5 Å². The molecule has 0 aliphatic heterocycles. The maximum atomic E-state index is 10.1. The molecule has 0 heterocycles. The molecule has 0 aromatic heterocycles. The zero-order chi connectivity index (χ0) is 12.1. The Morgan fingerprint density at radius 2 is 1.94 bits per heavy atom. The van der Waals surface area contributed by atoms with Crippen LogP contribution in [0.4, 0.5) is 0 Å². The van der Waals surface area contributed by atoms with Crippen molar-refractivity contribution in [3.8, 4) is 11.5 Å². The van der Waals surface area contributed by atoms with Crippen LogP contribution in [0.25, 0.3) is 0 Å². The zero-order valence-electron chi connectivity index (χ0n) is 9.92. The number of phenolic OH excluding ortho intramolecular Hbond substituents is 1. The Bertz CT molecular complexity index is 406. The third kappa shape index (κ3) is 2.27. The van der Waals surface area contributed by atoms with E-state index in [4.69, 9.17) is 4.74 Å². The standard InChI is InChI=1S/C14H18O2/c1-5-7-11-9-13(16-4)10(3)12(8-6-2)14(11)15/h5-6,9,15H,1-2,7-8H2,3-4H3. The number of rotatable bonds is 5. The third-order valence-corrected chi connectivity index (χ3v) is 2.65. The maximum absolute atomic E-state index is 10.1. The number of methoxy groups -OCH3 is 1. The second kappa shape index (κ2) is 5.40. The number of hydrogen-bond donors (Lipinski definition) is 1. The van der Waals surface area contributed by atoms with Gasteiger partial charge in [0, 0.05) is 11.1 Å². The van der Waals surface area contributed by atoms with E-state index in [1.165, 1.54) is 0 Å². The molecule has 1 aromatic rings. The molecule has 0 spiro atoms. The van der Waals surface area contributed by atoms with E-state index >= 15 is 0 Å². The fourth-order valence-electron chi connectivity index (χ4n) is 1.77. The van der Waals surface area contributed by atoms with E-state index in [9.17, 15) is 5.11 Å². The lowest BCUT2D eigenvalue weighted by Gasteiger charge is -2.14. The molecule has 0 fully saturated rings. The summed E-state index contributed by atoms with van der Waals surface area (Å²) in [7, 11) is 1.63. The van der Waals surface area contributed by atoms with Gasteiger partial charge < -0.3 is 9.84 Å². The summed E-state index contributed by atoms with van der Waals surface area (Å²) in [6.45, 7) is 9.32. The summed E-state index contributed by atoms with van der Waals surface area (Å²) < 4.78 is 5.29. The van der Waals surface area contributed by atoms with Crippen LogP contribution >= 0.6 is 0 Å². The highest BCUT2D eigenvalue weighted by Crippen LogP contribution is 2.34. The van der Waals surface area contributed by atoms with Gasteiger partial charge in [0.15, 0.2) is 0 Å². The van der Waals surface area contributed by atoms with Gasteiger partial charge in [-0.15, -0.1) is 13.2 Å². The van der Waals surface area contributed by atoms with Crippen LogP contribution in [0.1, 0.15) is 16.7 Å². The first-order valence-corrected chi connectivity index (χ1v) is 5.25. The average molecular weight is 218 g/mol. The Morgan fingerprint density at radius 1 is 1.31 bits per heavy atom. The second-order valence-electron chi connectivity index (χ2n) is 3.68. The summed E-state index contributed by atoms with van der Waals surface area (Å²) in [6.07, 6.45) is 4.81. The molecule has 0 saturated heterocycles. The number of phenols is 1. The predicted octanol–water partition coefficient (Wildman–Crippen LogP) is 3.17. The molecular formula is C14H18O2. The molecule has 0 aliphatic carbocycles. The molecule has 0 bridgehead atoms. The number of hydrogen-bond acceptors (Lipinski definition) is 2. The van der Waals surface area contributed by atoms with Crippen molar-refractivity contribution in [1.82, 2.24) is 0 Å². The monoisotopic (exact) mass is 218 g/mol. The first kappa shape index (κ1) is 12.4. The zero-order valence-corrected chi connectivity index (χ0v) is 9.92. The lowest BCUT2D eigenvalue weighted by molar-refractivity contribution is 0.406. The molecular weight excluding hydrogens is 200 g/mol. The second-order valence-corrected chi connectivity index (χ2v) is 3.68. The van der Waals surface area contributed by atoms with Crippen molar-refractivity contribution >= 4 is 0 Å². The number of ether oxygens (including phenoxy) is 1. The Morgan fingerprint density at radius 3 is 2.44 bits per heavy atom. The van der Waals surface area contributed by atoms with E-state index in [-0.39, 0.29) is 0 Å². The first-order chi connectivity index (χ1) is 7.65. The maximum Gasteiger partial charge on any atom is 0.123 e. The fraction of sp³-hybridized carbons (Fsp3) is 0.286. The lowest BCUT2D eigenvalue weighted by Crippen LogP contribution is -1.97. The van der Waals surface area contributed by atoms with Crippen LogP contribution in [-0.4, -0.2) is 12.2 Å². The minimum Gasteiger partial charge on any atom is -0.507 e. The van der Waals surface area contributed by atoms with Gasteiger partial charge in [-0.05, 0) is 31.4 Å². The Labute approximate surface area is 96.9 Å². The molecule has 0 amide bonds. The molecule has 0 unspecified atom stereocenters. The number of allylic oxidation sites excluding steroid dienone is 2. The molecule has 2 heteroatoms. The molecule has 86 valence electrons. The quantitative estimate of drug-likeness (QED) is 0.769. The van der Waals surface area contributed by atoms with Gasteiger partial charge in [0.05, 0.1) is 7.11 Å². The van der Waals surface area contributed by atoms with Gasteiger partial charge in [0.2, 0.25) is 0 Å². The van der Waals surface area contributed by atoms with Gasteiger partial charge in [0.1, 0.15) is 11.5 Å². The summed E-state index contributed by atoms with van der Waals surface area (Å²) in [5, 5.41) is 10.1. The van der Waals surface area contributed by atoms with Gasteiger partial charge >= 0.3 is 0 Å². The van der Waals surface area contributed by atoms with E-state index in [0.29, 0.717) is 18.6 Å². The predicted molar refractivity (Wildman–Crippen MR) is 67.2 cm³/mol. The largest absolute Gasteiger partial charge is 0.507 e. The highest BCUT2D eigenvalue weighted by Gasteiger charge is 2.13. The van der Waals surface area contributed by atoms with Crippen LogP contribution < -0.4 is 4.74 Å². The summed E-state index contributed by atoms with van der Waals surface area (Å²) in [4.78, 5) is 0. The van der Waals surface area contributed by atoms with Crippen LogP contribution in [0.3, 0.4) is 0 Å². The van der Waals surface area contributed by atoms with Crippen LogP contribution in [0.2, 0.25) is 0 Å². The van der Waals surface area contributed by atoms with Crippen LogP contribution in [-0.2, 0) is 12.8 Å². The minimum absolute atomic E-state index is 0.332. The molecule has 0 aliphatic rings. The molecule has 0 radical (unpaired) electrons. The number of benzene rings is 1. The highest BCUT2D eigenvalue weighted by atomic mass is 16.5. The van der Waals surface area contributed by atoms with E-state index < -0.39 is 0 Å². The third-order valence-electron chi connectivity index (χ3n) is 2.65. The van der Waals surface area contributed by atoms with E-state index in [0.717, 1.165) is 22.4 Å². The fourth-order valence-corrected chi connectivity index (χ4v) is 1.77. The summed E-state index contributed by atoms with van der Waals surface area (Å²) in [5.41, 5.74) is 2.69. The molecule has 2 nitrogen and oxygen atoms in total. The first-order valence-electron chi connectivity index (χ1n) is 5.25. The van der Waals surface area contributed by atoms with Crippen molar-refractivity contribution in [2.75, 3.05) is 7.11 Å². The van der Waals surface area contributed by atoms with Crippen LogP contribution in [0.15, 0.2) is 31.4 Å². The normalized spacial score (nSPS) is 9.88. The summed E-state index contributed by atoms with van der Waals surface area (Å²) >= 11 is 0. The summed E-state index contributed by atoms with van der Waals surface area (Å²) in [5.74, 6) is 1.13. The van der Waals surface area contributed by atoms with Gasteiger partial charge in [0.25, 0.3) is 0 Å². The molecule has 1 rings (SSSR count). The van der Waals surface area contributed by atoms with Crippen LogP contribution in [0, 0.1) is 6.92 Å². The smallest absolute Gasteiger partial charge is 0.123 e. The Kier molecular flexibility index (Phi) is 4.18. The van der Waals surface area contributed by atoms with Crippen molar-refractivity contribution in [2.45, 2.75) is 19.8 Å². The molecule has 1 N–H and O–H groups in total. The van der Waals surface area contributed by atoms with Gasteiger partial charge in [-0.2, -0.15) is 0 Å². The van der Waals surface area contributed by atoms with Crippen molar-refractivity contribution in [3.63, 3.8) is 0 Å². The van der Waals surface area contributed by atoms with E-state index in [1.807, 2.05) is 13.0 Å². The molecule has 0 atom stereocenters. The van der Waals surface area contributed by atoms with Crippen molar-refractivity contribution in [2.24, 2.45) is 0 Å². The Balaban J connectivity index is 3.37. The SMILES string of the molecule is C=CCc1cc(OC)c(C)c(CC=C)c1O. The molecule has 16 heavy (non-hydrogen) atoms. The van der Waals surface area contributed by atoms with E-state index in [1.54, 1.807) is 19.3 Å². The van der Waals surface area contributed by atoms with Crippen LogP contribution in [0.5, 0.6) is 11.5 Å². The van der Waals surface area contributed by atoms with Crippen molar-refractivity contribution in [3.05, 3.63) is 48.1 Å². The van der Waals surface area contributed by atoms with E-state index in [2.05, 4.69) is 13.2 Å². The van der Waals surface area contributed by atoms with Gasteiger partial charge in [-0.3, -0.25) is 0 Å². The van der Waals surface area contributed by atoms with Crippen molar-refractivity contribution in [1.29, 1.82) is 0 Å². The van der Waals surface area contributed by atoms with Crippen molar-refractivity contribution < 1.29 is 9.84 Å². The summed E-state index contributed by atoms with van der Waals surface area (Å²) in [6, 6.07) is 1.86. The van der Waals surface area contributed by atoms with Gasteiger partial charge in [-0.1, -0.05) is 12.2 Å².